The van der Waals surface area contributed by atoms with Crippen LogP contribution in [0.1, 0.15) is 61.3 Å². The first-order chi connectivity index (χ1) is 9.47. The molecule has 104 valence electrons. The summed E-state index contributed by atoms with van der Waals surface area (Å²) < 4.78 is 0. The lowest BCUT2D eigenvalue weighted by atomic mass is 9.66. The van der Waals surface area contributed by atoms with Gasteiger partial charge in [0.05, 0.1) is 0 Å². The largest absolute Gasteiger partial charge is 0.0953 e. The van der Waals surface area contributed by atoms with E-state index in [0.717, 1.165) is 5.92 Å². The summed E-state index contributed by atoms with van der Waals surface area (Å²) in [4.78, 5) is 0. The maximum atomic E-state index is 4.41. The van der Waals surface area contributed by atoms with Crippen LogP contribution in [0.3, 0.4) is 0 Å². The van der Waals surface area contributed by atoms with Crippen LogP contribution < -0.4 is 0 Å². The Morgan fingerprint density at radius 2 is 1.95 bits per heavy atom. The molecule has 3 aliphatic carbocycles. The smallest absolute Gasteiger partial charge is 0.00340 e. The Hall–Kier alpha value is -1.30. The highest BCUT2D eigenvalue weighted by molar-refractivity contribution is 5.86. The number of hydrogen-bond acceptors (Lipinski definition) is 0. The van der Waals surface area contributed by atoms with E-state index in [1.165, 1.54) is 41.5 Å². The summed E-state index contributed by atoms with van der Waals surface area (Å²) in [6.07, 6.45) is 4.04. The lowest BCUT2D eigenvalue weighted by Gasteiger charge is -2.37. The summed E-state index contributed by atoms with van der Waals surface area (Å²) in [7, 11) is 0. The minimum absolute atomic E-state index is 0.427. The van der Waals surface area contributed by atoms with Crippen molar-refractivity contribution in [3.05, 3.63) is 52.1 Å². The molecule has 0 saturated heterocycles. The minimum Gasteiger partial charge on any atom is -0.0953 e. The quantitative estimate of drug-likeness (QED) is 0.576. The van der Waals surface area contributed by atoms with Gasteiger partial charge in [0.1, 0.15) is 0 Å². The van der Waals surface area contributed by atoms with Gasteiger partial charge in [-0.15, -0.1) is 0 Å². The molecule has 2 bridgehead atoms. The SMILES string of the molecule is C=C1C(C)=C2c3ccc(C)c(C)c3C(C)C23CCC1C3. The Morgan fingerprint density at radius 3 is 2.70 bits per heavy atom. The molecule has 0 aromatic heterocycles. The molecular weight excluding hydrogens is 240 g/mol. The van der Waals surface area contributed by atoms with Crippen molar-refractivity contribution in [3.8, 4) is 0 Å². The van der Waals surface area contributed by atoms with Crippen LogP contribution in [-0.4, -0.2) is 0 Å². The van der Waals surface area contributed by atoms with Crippen molar-refractivity contribution < 1.29 is 0 Å². The highest BCUT2D eigenvalue weighted by Gasteiger charge is 2.55. The highest BCUT2D eigenvalue weighted by Crippen LogP contribution is 2.69. The number of aryl methyl sites for hydroxylation is 1. The van der Waals surface area contributed by atoms with Crippen LogP contribution in [0.4, 0.5) is 0 Å². The molecule has 0 heterocycles. The second-order valence-electron chi connectivity index (χ2n) is 7.31. The molecule has 0 aliphatic heterocycles. The van der Waals surface area contributed by atoms with E-state index in [-0.39, 0.29) is 0 Å². The van der Waals surface area contributed by atoms with E-state index >= 15 is 0 Å². The minimum atomic E-state index is 0.427. The molecule has 1 aromatic carbocycles. The van der Waals surface area contributed by atoms with Crippen molar-refractivity contribution in [2.75, 3.05) is 0 Å². The number of fused-ring (bicyclic) bond motifs is 3. The first kappa shape index (κ1) is 12.4. The molecule has 3 aliphatic rings. The standard InChI is InChI=1S/C20H24/c1-11-6-7-17-18(12(11)2)15(5)20-9-8-16(10-20)13(3)14(4)19(17)20/h6-7,15-16H,3,8-10H2,1-2,4-5H3. The van der Waals surface area contributed by atoms with Gasteiger partial charge in [0.25, 0.3) is 0 Å². The zero-order chi connectivity index (χ0) is 14.2. The van der Waals surface area contributed by atoms with Crippen LogP contribution in [0.25, 0.3) is 5.57 Å². The van der Waals surface area contributed by atoms with E-state index in [0.29, 0.717) is 11.3 Å². The van der Waals surface area contributed by atoms with Crippen LogP contribution in [0.15, 0.2) is 29.9 Å². The summed E-state index contributed by atoms with van der Waals surface area (Å²) in [5.41, 5.74) is 11.2. The predicted molar refractivity (Wildman–Crippen MR) is 85.8 cm³/mol. The molecule has 0 nitrogen and oxygen atoms in total. The maximum Gasteiger partial charge on any atom is 0.00340 e. The summed E-state index contributed by atoms with van der Waals surface area (Å²) in [5.74, 6) is 1.43. The van der Waals surface area contributed by atoms with Gasteiger partial charge in [-0.05, 0) is 90.8 Å². The average Bonchev–Trinajstić information content (AvgIpc) is 2.93. The molecule has 3 unspecified atom stereocenters. The molecule has 1 aromatic rings. The highest BCUT2D eigenvalue weighted by atomic mass is 14.6. The van der Waals surface area contributed by atoms with Crippen molar-refractivity contribution in [1.29, 1.82) is 0 Å². The fourth-order valence-electron chi connectivity index (χ4n) is 5.41. The fourth-order valence-corrected chi connectivity index (χ4v) is 5.41. The predicted octanol–water partition coefficient (Wildman–Crippen LogP) is 5.55. The average molecular weight is 264 g/mol. The van der Waals surface area contributed by atoms with Crippen molar-refractivity contribution in [2.45, 2.75) is 52.9 Å². The third kappa shape index (κ3) is 1.19. The van der Waals surface area contributed by atoms with E-state index in [2.05, 4.69) is 46.4 Å². The van der Waals surface area contributed by atoms with Crippen molar-refractivity contribution >= 4 is 5.57 Å². The first-order valence-electron chi connectivity index (χ1n) is 7.98. The Bertz CT molecular complexity index is 674. The second-order valence-corrected chi connectivity index (χ2v) is 7.31. The van der Waals surface area contributed by atoms with E-state index in [1.807, 2.05) is 0 Å². The third-order valence-electron chi connectivity index (χ3n) is 6.71. The number of allylic oxidation sites excluding steroid dienone is 3. The van der Waals surface area contributed by atoms with Gasteiger partial charge in [-0.2, -0.15) is 0 Å². The molecule has 0 amide bonds. The monoisotopic (exact) mass is 264 g/mol. The second kappa shape index (κ2) is 3.67. The summed E-state index contributed by atoms with van der Waals surface area (Å²) in [6, 6.07) is 4.69. The normalized spacial score (nSPS) is 34.5. The zero-order valence-electron chi connectivity index (χ0n) is 13.1. The van der Waals surface area contributed by atoms with Gasteiger partial charge in [-0.1, -0.05) is 25.6 Å². The molecule has 0 N–H and O–H groups in total. The van der Waals surface area contributed by atoms with Crippen molar-refractivity contribution in [3.63, 3.8) is 0 Å². The Kier molecular flexibility index (Phi) is 2.28. The Labute approximate surface area is 122 Å². The molecule has 4 rings (SSSR count). The Balaban J connectivity index is 2.08. The van der Waals surface area contributed by atoms with Crippen LogP contribution in [0.5, 0.6) is 0 Å². The van der Waals surface area contributed by atoms with Gasteiger partial charge in [-0.3, -0.25) is 0 Å². The Morgan fingerprint density at radius 1 is 1.20 bits per heavy atom. The van der Waals surface area contributed by atoms with Gasteiger partial charge in [0, 0.05) is 5.41 Å². The summed E-state index contributed by atoms with van der Waals surface area (Å²) in [5, 5.41) is 0. The number of rotatable bonds is 0. The molecule has 1 fully saturated rings. The van der Waals surface area contributed by atoms with Gasteiger partial charge in [0.15, 0.2) is 0 Å². The van der Waals surface area contributed by atoms with Crippen LogP contribution in [-0.2, 0) is 0 Å². The van der Waals surface area contributed by atoms with Crippen LogP contribution in [0, 0.1) is 25.2 Å². The molecule has 0 heteroatoms. The zero-order valence-corrected chi connectivity index (χ0v) is 13.1. The van der Waals surface area contributed by atoms with Gasteiger partial charge in [0.2, 0.25) is 0 Å². The van der Waals surface area contributed by atoms with Gasteiger partial charge in [-0.25, -0.2) is 0 Å². The van der Waals surface area contributed by atoms with Gasteiger partial charge < -0.3 is 0 Å². The van der Waals surface area contributed by atoms with Gasteiger partial charge >= 0.3 is 0 Å². The van der Waals surface area contributed by atoms with Crippen LogP contribution >= 0.6 is 0 Å². The summed E-state index contributed by atoms with van der Waals surface area (Å²) in [6.45, 7) is 13.8. The third-order valence-corrected chi connectivity index (χ3v) is 6.71. The van der Waals surface area contributed by atoms with Crippen molar-refractivity contribution in [2.24, 2.45) is 11.3 Å². The maximum absolute atomic E-state index is 4.41. The van der Waals surface area contributed by atoms with Crippen molar-refractivity contribution in [1.82, 2.24) is 0 Å². The van der Waals surface area contributed by atoms with E-state index in [1.54, 1.807) is 16.7 Å². The molecule has 20 heavy (non-hydrogen) atoms. The molecule has 1 spiro atoms. The molecule has 0 radical (unpaired) electrons. The molecule has 1 saturated carbocycles. The summed E-state index contributed by atoms with van der Waals surface area (Å²) >= 11 is 0. The molecule has 3 atom stereocenters. The lowest BCUT2D eigenvalue weighted by molar-refractivity contribution is 0.344. The van der Waals surface area contributed by atoms with E-state index in [9.17, 15) is 0 Å². The topological polar surface area (TPSA) is 0 Å². The van der Waals surface area contributed by atoms with E-state index in [4.69, 9.17) is 0 Å². The van der Waals surface area contributed by atoms with Crippen LogP contribution in [0.2, 0.25) is 0 Å². The van der Waals surface area contributed by atoms with E-state index < -0.39 is 0 Å². The fraction of sp³-hybridized carbons (Fsp3) is 0.500. The number of hydrogen-bond donors (Lipinski definition) is 0. The first-order valence-corrected chi connectivity index (χ1v) is 7.98. The lowest BCUT2D eigenvalue weighted by Crippen LogP contribution is -2.24. The number of benzene rings is 1. The molecular formula is C20H24.